The molecule has 0 fully saturated rings. The molecule has 0 aromatic heterocycles. The van der Waals surface area contributed by atoms with Crippen molar-refractivity contribution in [2.45, 2.75) is 25.7 Å². The molecule has 0 aliphatic heterocycles. The Balaban J connectivity index is 1.92. The molecule has 0 heterocycles. The lowest BCUT2D eigenvalue weighted by Crippen LogP contribution is -2.36. The number of hydrogen-bond donors (Lipinski definition) is 4. The highest BCUT2D eigenvalue weighted by atomic mass is 16.5. The Morgan fingerprint density at radius 1 is 1.08 bits per heavy atom. The van der Waals surface area contributed by atoms with Crippen LogP contribution in [0.1, 0.15) is 33.2 Å². The number of carboxylic acids is 1. The number of aliphatic hydroxyl groups is 2. The Labute approximate surface area is 150 Å². The first-order valence-corrected chi connectivity index (χ1v) is 8.03. The van der Waals surface area contributed by atoms with E-state index in [-0.39, 0.29) is 24.3 Å². The molecular weight excluding hydrogens is 338 g/mol. The minimum absolute atomic E-state index is 0.0757. The monoisotopic (exact) mass is 359 g/mol. The maximum absolute atomic E-state index is 11.7. The van der Waals surface area contributed by atoms with E-state index in [4.69, 9.17) is 4.74 Å². The summed E-state index contributed by atoms with van der Waals surface area (Å²) in [4.78, 5) is 23.0. The van der Waals surface area contributed by atoms with Crippen LogP contribution in [0.2, 0.25) is 0 Å². The second kappa shape index (κ2) is 8.98. The zero-order chi connectivity index (χ0) is 19.1. The molecule has 0 spiro atoms. The van der Waals surface area contributed by atoms with Crippen LogP contribution in [0.4, 0.5) is 4.79 Å². The van der Waals surface area contributed by atoms with Gasteiger partial charge in [0.15, 0.2) is 0 Å². The Morgan fingerprint density at radius 3 is 2.42 bits per heavy atom. The molecule has 138 valence electrons. The highest BCUT2D eigenvalue weighted by Gasteiger charge is 2.25. The number of nitrogens with one attached hydrogen (secondary N) is 1. The Bertz CT molecular complexity index is 762. The van der Waals surface area contributed by atoms with Gasteiger partial charge >= 0.3 is 12.1 Å². The van der Waals surface area contributed by atoms with Crippen LogP contribution in [0.15, 0.2) is 48.5 Å². The van der Waals surface area contributed by atoms with Crippen LogP contribution in [-0.2, 0) is 11.3 Å². The lowest BCUT2D eigenvalue weighted by atomic mass is 9.94. The first-order valence-electron chi connectivity index (χ1n) is 8.03. The standard InChI is InChI=1S/C19H21NO6/c1-12-6-5-9-14(18(23)24)16(12)17(22)15(21)10-20-19(25)26-11-13-7-3-2-4-8-13/h2-9,15,17,21-22H,10-11H2,1H3,(H,20,25)(H,23,24). The molecule has 0 aliphatic carbocycles. The van der Waals surface area contributed by atoms with Gasteiger partial charge in [-0.3, -0.25) is 0 Å². The molecule has 2 unspecified atom stereocenters. The van der Waals surface area contributed by atoms with Gasteiger partial charge in [0, 0.05) is 12.1 Å². The number of carboxylic acid groups (broad SMARTS) is 1. The quantitative estimate of drug-likeness (QED) is 0.601. The van der Waals surface area contributed by atoms with Crippen molar-refractivity contribution in [3.8, 4) is 0 Å². The van der Waals surface area contributed by atoms with Gasteiger partial charge in [-0.2, -0.15) is 0 Å². The summed E-state index contributed by atoms with van der Waals surface area (Å²) in [7, 11) is 0. The first-order chi connectivity index (χ1) is 12.4. The lowest BCUT2D eigenvalue weighted by molar-refractivity contribution is 0.0170. The normalized spacial score (nSPS) is 12.9. The number of amides is 1. The summed E-state index contributed by atoms with van der Waals surface area (Å²) in [6.07, 6.45) is -3.60. The number of carbonyl (C=O) groups excluding carboxylic acids is 1. The number of carbonyl (C=O) groups is 2. The SMILES string of the molecule is Cc1cccc(C(=O)O)c1C(O)C(O)CNC(=O)OCc1ccccc1. The molecule has 7 nitrogen and oxygen atoms in total. The van der Waals surface area contributed by atoms with Crippen molar-refractivity contribution in [1.82, 2.24) is 5.32 Å². The summed E-state index contributed by atoms with van der Waals surface area (Å²) >= 11 is 0. The van der Waals surface area contributed by atoms with Crippen molar-refractivity contribution in [3.63, 3.8) is 0 Å². The van der Waals surface area contributed by atoms with E-state index in [1.54, 1.807) is 31.2 Å². The van der Waals surface area contributed by atoms with Gasteiger partial charge in [-0.15, -0.1) is 0 Å². The van der Waals surface area contributed by atoms with Crippen molar-refractivity contribution in [1.29, 1.82) is 0 Å². The number of ether oxygens (including phenoxy) is 1. The summed E-state index contributed by atoms with van der Waals surface area (Å²) < 4.78 is 5.01. The van der Waals surface area contributed by atoms with Crippen molar-refractivity contribution in [2.75, 3.05) is 6.54 Å². The molecule has 7 heteroatoms. The topological polar surface area (TPSA) is 116 Å². The van der Waals surface area contributed by atoms with Crippen molar-refractivity contribution >= 4 is 12.1 Å². The van der Waals surface area contributed by atoms with Gasteiger partial charge in [-0.1, -0.05) is 42.5 Å². The van der Waals surface area contributed by atoms with Gasteiger partial charge in [0.2, 0.25) is 0 Å². The molecule has 2 aromatic rings. The number of benzene rings is 2. The summed E-state index contributed by atoms with van der Waals surface area (Å²) in [5, 5.41) is 32.0. The molecule has 0 bridgehead atoms. The minimum atomic E-state index is -1.46. The van der Waals surface area contributed by atoms with E-state index in [9.17, 15) is 24.9 Å². The second-order valence-corrected chi connectivity index (χ2v) is 5.80. The number of rotatable bonds is 7. The molecule has 4 N–H and O–H groups in total. The minimum Gasteiger partial charge on any atom is -0.478 e. The third-order valence-corrected chi connectivity index (χ3v) is 3.88. The fourth-order valence-corrected chi connectivity index (χ4v) is 2.53. The molecule has 2 atom stereocenters. The molecule has 0 aliphatic rings. The van der Waals surface area contributed by atoms with Crippen LogP contribution in [0.25, 0.3) is 0 Å². The largest absolute Gasteiger partial charge is 0.478 e. The molecule has 0 saturated carbocycles. The Hall–Kier alpha value is -2.90. The third kappa shape index (κ3) is 5.05. The van der Waals surface area contributed by atoms with E-state index in [1.807, 2.05) is 18.2 Å². The molecule has 1 amide bonds. The summed E-state index contributed by atoms with van der Waals surface area (Å²) in [5.74, 6) is -1.20. The zero-order valence-electron chi connectivity index (χ0n) is 14.3. The van der Waals surface area contributed by atoms with Gasteiger partial charge in [-0.25, -0.2) is 9.59 Å². The summed E-state index contributed by atoms with van der Waals surface area (Å²) in [6.45, 7) is 1.42. The molecule has 2 rings (SSSR count). The van der Waals surface area contributed by atoms with Gasteiger partial charge in [0.05, 0.1) is 5.56 Å². The van der Waals surface area contributed by atoms with E-state index in [2.05, 4.69) is 5.32 Å². The average Bonchev–Trinajstić information content (AvgIpc) is 2.64. The van der Waals surface area contributed by atoms with Crippen molar-refractivity contribution in [2.24, 2.45) is 0 Å². The van der Waals surface area contributed by atoms with E-state index < -0.39 is 24.3 Å². The van der Waals surface area contributed by atoms with Gasteiger partial charge in [0.1, 0.15) is 18.8 Å². The molecule has 2 aromatic carbocycles. The lowest BCUT2D eigenvalue weighted by Gasteiger charge is -2.21. The molecule has 0 radical (unpaired) electrons. The zero-order valence-corrected chi connectivity index (χ0v) is 14.3. The molecule has 0 saturated heterocycles. The number of aryl methyl sites for hydroxylation is 1. The second-order valence-electron chi connectivity index (χ2n) is 5.80. The smallest absolute Gasteiger partial charge is 0.407 e. The Kier molecular flexibility index (Phi) is 6.71. The number of aromatic carboxylic acids is 1. The van der Waals surface area contributed by atoms with Crippen LogP contribution < -0.4 is 5.32 Å². The van der Waals surface area contributed by atoms with Gasteiger partial charge in [0.25, 0.3) is 0 Å². The van der Waals surface area contributed by atoms with Crippen LogP contribution in [-0.4, -0.2) is 40.0 Å². The number of alkyl carbamates (subject to hydrolysis) is 1. The number of aliphatic hydroxyl groups excluding tert-OH is 2. The predicted octanol–water partition coefficient (Wildman–Crippen LogP) is 2.01. The van der Waals surface area contributed by atoms with Crippen molar-refractivity contribution < 1.29 is 29.6 Å². The van der Waals surface area contributed by atoms with Crippen molar-refractivity contribution in [3.05, 3.63) is 70.8 Å². The highest BCUT2D eigenvalue weighted by molar-refractivity contribution is 5.90. The molecule has 26 heavy (non-hydrogen) atoms. The predicted molar refractivity (Wildman–Crippen MR) is 93.7 cm³/mol. The van der Waals surface area contributed by atoms with Crippen LogP contribution >= 0.6 is 0 Å². The third-order valence-electron chi connectivity index (χ3n) is 3.88. The highest BCUT2D eigenvalue weighted by Crippen LogP contribution is 2.25. The average molecular weight is 359 g/mol. The van der Waals surface area contributed by atoms with Crippen LogP contribution in [0.5, 0.6) is 0 Å². The van der Waals surface area contributed by atoms with Gasteiger partial charge in [-0.05, 0) is 24.1 Å². The summed E-state index contributed by atoms with van der Waals surface area (Å²) in [6, 6.07) is 13.6. The first kappa shape index (κ1) is 19.4. The van der Waals surface area contributed by atoms with Crippen LogP contribution in [0, 0.1) is 6.92 Å². The summed E-state index contributed by atoms with van der Waals surface area (Å²) in [5.41, 5.74) is 1.37. The maximum atomic E-state index is 11.7. The van der Waals surface area contributed by atoms with E-state index in [0.717, 1.165) is 5.56 Å². The maximum Gasteiger partial charge on any atom is 0.407 e. The molecular formula is C19H21NO6. The van der Waals surface area contributed by atoms with Crippen LogP contribution in [0.3, 0.4) is 0 Å². The van der Waals surface area contributed by atoms with Gasteiger partial charge < -0.3 is 25.4 Å². The van der Waals surface area contributed by atoms with E-state index in [0.29, 0.717) is 5.56 Å². The van der Waals surface area contributed by atoms with E-state index in [1.165, 1.54) is 6.07 Å². The fourth-order valence-electron chi connectivity index (χ4n) is 2.53. The van der Waals surface area contributed by atoms with E-state index >= 15 is 0 Å². The Morgan fingerprint density at radius 2 is 1.77 bits per heavy atom. The fraction of sp³-hybridized carbons (Fsp3) is 0.263. The number of hydrogen-bond acceptors (Lipinski definition) is 5.